The summed E-state index contributed by atoms with van der Waals surface area (Å²) in [5.74, 6) is 2.02. The Morgan fingerprint density at radius 2 is 2.22 bits per heavy atom. The Morgan fingerprint density at radius 3 is 3.00 bits per heavy atom. The fraction of sp³-hybridized carbons (Fsp3) is 0.579. The molecule has 8 heteroatoms. The van der Waals surface area contributed by atoms with Gasteiger partial charge in [0.1, 0.15) is 5.82 Å². The van der Waals surface area contributed by atoms with Crippen molar-refractivity contribution >= 4 is 17.5 Å². The average Bonchev–Trinajstić information content (AvgIpc) is 3.30. The summed E-state index contributed by atoms with van der Waals surface area (Å²) in [7, 11) is 1.77. The van der Waals surface area contributed by atoms with Gasteiger partial charge in [0.2, 0.25) is 5.91 Å². The van der Waals surface area contributed by atoms with Gasteiger partial charge in [0.05, 0.1) is 0 Å². The Hall–Kier alpha value is -2.64. The van der Waals surface area contributed by atoms with E-state index in [-0.39, 0.29) is 17.9 Å². The van der Waals surface area contributed by atoms with E-state index in [2.05, 4.69) is 25.8 Å². The van der Waals surface area contributed by atoms with Crippen molar-refractivity contribution < 1.29 is 4.79 Å². The predicted octanol–water partition coefficient (Wildman–Crippen LogP) is 1.08. The number of hydrogen-bond donors (Lipinski definition) is 2. The lowest BCUT2D eigenvalue weighted by molar-refractivity contribution is -0.133. The van der Waals surface area contributed by atoms with Crippen LogP contribution in [0.5, 0.6) is 0 Å². The van der Waals surface area contributed by atoms with E-state index < -0.39 is 0 Å². The maximum absolute atomic E-state index is 12.1. The number of carbonyl (C=O) groups excluding carboxylic acids is 1. The molecule has 27 heavy (non-hydrogen) atoms. The van der Waals surface area contributed by atoms with Crippen LogP contribution in [0.15, 0.2) is 29.4 Å². The van der Waals surface area contributed by atoms with Crippen molar-refractivity contribution in [3.05, 3.63) is 30.2 Å². The molecular weight excluding hydrogens is 342 g/mol. The molecule has 0 radical (unpaired) electrons. The summed E-state index contributed by atoms with van der Waals surface area (Å²) in [6, 6.07) is 6.15. The normalized spacial score (nSPS) is 17.7. The van der Waals surface area contributed by atoms with Crippen molar-refractivity contribution in [3.8, 4) is 0 Å². The third kappa shape index (κ3) is 4.75. The van der Waals surface area contributed by atoms with Gasteiger partial charge >= 0.3 is 0 Å². The van der Waals surface area contributed by atoms with E-state index in [0.29, 0.717) is 0 Å². The summed E-state index contributed by atoms with van der Waals surface area (Å²) in [6.07, 6.45) is 4.71. The van der Waals surface area contributed by atoms with Crippen LogP contribution < -0.4 is 10.6 Å². The van der Waals surface area contributed by atoms with Crippen LogP contribution in [-0.2, 0) is 11.2 Å². The standard InChI is InChI=1S/C19H29N7O/c1-14(2)18(27)25-12-9-15(13-25)22-19(20-3)21-10-6-8-17-24-23-16-7-4-5-11-26(16)17/h4-5,7,11,14-15H,6,8-10,12-13H2,1-3H3,(H2,20,21,22). The van der Waals surface area contributed by atoms with Crippen LogP contribution in [0.1, 0.15) is 32.5 Å². The second-order valence-corrected chi connectivity index (χ2v) is 7.22. The fourth-order valence-electron chi connectivity index (χ4n) is 3.35. The van der Waals surface area contributed by atoms with Crippen LogP contribution in [-0.4, -0.2) is 64.1 Å². The summed E-state index contributed by atoms with van der Waals surface area (Å²) < 4.78 is 2.02. The Kier molecular flexibility index (Phi) is 6.26. The minimum absolute atomic E-state index is 0.0504. The molecule has 1 fully saturated rings. The summed E-state index contributed by atoms with van der Waals surface area (Å²) >= 11 is 0. The lowest BCUT2D eigenvalue weighted by Gasteiger charge is -2.20. The number of hydrogen-bond acceptors (Lipinski definition) is 4. The van der Waals surface area contributed by atoms with Crippen LogP contribution >= 0.6 is 0 Å². The minimum atomic E-state index is 0.0504. The maximum atomic E-state index is 12.1. The minimum Gasteiger partial charge on any atom is -0.356 e. The molecule has 0 aromatic carbocycles. The molecule has 0 bridgehead atoms. The lowest BCUT2D eigenvalue weighted by Crippen LogP contribution is -2.45. The van der Waals surface area contributed by atoms with Gasteiger partial charge in [-0.05, 0) is 25.0 Å². The van der Waals surface area contributed by atoms with Crippen molar-refractivity contribution in [2.75, 3.05) is 26.7 Å². The number of carbonyl (C=O) groups is 1. The number of amides is 1. The number of guanidine groups is 1. The third-order valence-corrected chi connectivity index (χ3v) is 4.81. The first-order chi connectivity index (χ1) is 13.1. The SMILES string of the molecule is CN=C(NCCCc1nnc2ccccn12)NC1CCN(C(=O)C(C)C)C1. The Labute approximate surface area is 160 Å². The molecule has 2 aromatic rings. The molecule has 3 rings (SSSR count). The largest absolute Gasteiger partial charge is 0.356 e. The zero-order valence-corrected chi connectivity index (χ0v) is 16.4. The van der Waals surface area contributed by atoms with Gasteiger partial charge in [0.25, 0.3) is 0 Å². The number of pyridine rings is 1. The lowest BCUT2D eigenvalue weighted by atomic mass is 10.2. The Bertz CT molecular complexity index is 798. The monoisotopic (exact) mass is 371 g/mol. The first-order valence-corrected chi connectivity index (χ1v) is 9.63. The zero-order chi connectivity index (χ0) is 19.2. The van der Waals surface area contributed by atoms with Gasteiger partial charge in [-0.3, -0.25) is 14.2 Å². The van der Waals surface area contributed by atoms with E-state index in [1.807, 2.05) is 47.5 Å². The molecule has 1 amide bonds. The number of likely N-dealkylation sites (tertiary alicyclic amines) is 1. The molecule has 0 spiro atoms. The second kappa shape index (κ2) is 8.83. The van der Waals surface area contributed by atoms with Gasteiger partial charge in [-0.1, -0.05) is 19.9 Å². The van der Waals surface area contributed by atoms with E-state index in [9.17, 15) is 4.79 Å². The van der Waals surface area contributed by atoms with Crippen molar-refractivity contribution in [2.45, 2.75) is 39.2 Å². The summed E-state index contributed by atoms with van der Waals surface area (Å²) in [5, 5.41) is 15.2. The third-order valence-electron chi connectivity index (χ3n) is 4.81. The molecule has 0 aliphatic carbocycles. The first kappa shape index (κ1) is 19.1. The topological polar surface area (TPSA) is 86.9 Å². The number of rotatable bonds is 6. The van der Waals surface area contributed by atoms with Crippen LogP contribution in [0.25, 0.3) is 5.65 Å². The number of nitrogens with zero attached hydrogens (tertiary/aromatic N) is 5. The number of aliphatic imine (C=N–C) groups is 1. The van der Waals surface area contributed by atoms with E-state index in [0.717, 1.165) is 56.3 Å². The van der Waals surface area contributed by atoms with E-state index in [4.69, 9.17) is 0 Å². The van der Waals surface area contributed by atoms with Crippen LogP contribution in [0, 0.1) is 5.92 Å². The Balaban J connectivity index is 1.41. The highest BCUT2D eigenvalue weighted by Gasteiger charge is 2.27. The van der Waals surface area contributed by atoms with Gasteiger partial charge in [-0.25, -0.2) is 0 Å². The molecule has 1 aliphatic heterocycles. The quantitative estimate of drug-likeness (QED) is 0.451. The molecule has 2 N–H and O–H groups in total. The zero-order valence-electron chi connectivity index (χ0n) is 16.4. The summed E-state index contributed by atoms with van der Waals surface area (Å²) in [5.41, 5.74) is 0.875. The van der Waals surface area contributed by atoms with Crippen LogP contribution in [0.3, 0.4) is 0 Å². The summed E-state index contributed by atoms with van der Waals surface area (Å²) in [6.45, 7) is 6.24. The number of aryl methyl sites for hydroxylation is 1. The number of nitrogens with one attached hydrogen (secondary N) is 2. The van der Waals surface area contributed by atoms with Crippen LogP contribution in [0.4, 0.5) is 0 Å². The highest BCUT2D eigenvalue weighted by molar-refractivity contribution is 5.81. The second-order valence-electron chi connectivity index (χ2n) is 7.22. The maximum Gasteiger partial charge on any atom is 0.225 e. The van der Waals surface area contributed by atoms with Crippen molar-refractivity contribution in [1.29, 1.82) is 0 Å². The van der Waals surface area contributed by atoms with E-state index in [1.165, 1.54) is 0 Å². The van der Waals surface area contributed by atoms with Gasteiger partial charge in [0, 0.05) is 51.3 Å². The molecule has 8 nitrogen and oxygen atoms in total. The molecule has 0 saturated carbocycles. The summed E-state index contributed by atoms with van der Waals surface area (Å²) in [4.78, 5) is 18.3. The molecule has 3 heterocycles. The molecule has 1 unspecified atom stereocenters. The molecular formula is C19H29N7O. The molecule has 2 aromatic heterocycles. The Morgan fingerprint density at radius 1 is 1.37 bits per heavy atom. The predicted molar refractivity (Wildman–Crippen MR) is 106 cm³/mol. The van der Waals surface area contributed by atoms with Gasteiger partial charge < -0.3 is 15.5 Å². The van der Waals surface area contributed by atoms with Gasteiger partial charge in [0.15, 0.2) is 11.6 Å². The highest BCUT2D eigenvalue weighted by atomic mass is 16.2. The van der Waals surface area contributed by atoms with Gasteiger partial charge in [-0.2, -0.15) is 0 Å². The van der Waals surface area contributed by atoms with Crippen molar-refractivity contribution in [1.82, 2.24) is 30.1 Å². The average molecular weight is 371 g/mol. The van der Waals surface area contributed by atoms with Gasteiger partial charge in [-0.15, -0.1) is 10.2 Å². The molecule has 1 aliphatic rings. The number of fused-ring (bicyclic) bond motifs is 1. The van der Waals surface area contributed by atoms with Crippen LogP contribution in [0.2, 0.25) is 0 Å². The van der Waals surface area contributed by atoms with E-state index in [1.54, 1.807) is 7.05 Å². The highest BCUT2D eigenvalue weighted by Crippen LogP contribution is 2.12. The molecule has 146 valence electrons. The van der Waals surface area contributed by atoms with Crippen molar-refractivity contribution in [3.63, 3.8) is 0 Å². The first-order valence-electron chi connectivity index (χ1n) is 9.63. The van der Waals surface area contributed by atoms with Crippen molar-refractivity contribution in [2.24, 2.45) is 10.9 Å². The smallest absolute Gasteiger partial charge is 0.225 e. The van der Waals surface area contributed by atoms with E-state index >= 15 is 0 Å². The molecule has 1 atom stereocenters. The molecule has 1 saturated heterocycles. The number of aromatic nitrogens is 3. The fourth-order valence-corrected chi connectivity index (χ4v) is 3.35.